The largest absolute Gasteiger partial charge is 0.493 e. The van der Waals surface area contributed by atoms with Crippen LogP contribution in [-0.4, -0.2) is 36.5 Å². The molecule has 1 heterocycles. The summed E-state index contributed by atoms with van der Waals surface area (Å²) in [5.74, 6) is 0.540. The third kappa shape index (κ3) is 3.39. The molecule has 5 heteroatoms. The zero-order chi connectivity index (χ0) is 13.8. The predicted octanol–water partition coefficient (Wildman–Crippen LogP) is 2.30. The van der Waals surface area contributed by atoms with Crippen molar-refractivity contribution in [2.45, 2.75) is 25.8 Å². The molecule has 1 saturated heterocycles. The Bertz CT molecular complexity index is 465. The molecule has 19 heavy (non-hydrogen) atoms. The van der Waals surface area contributed by atoms with E-state index < -0.39 is 0 Å². The summed E-state index contributed by atoms with van der Waals surface area (Å²) in [6, 6.07) is 5.22. The van der Waals surface area contributed by atoms with Crippen molar-refractivity contribution < 1.29 is 9.53 Å². The van der Waals surface area contributed by atoms with E-state index in [-0.39, 0.29) is 11.9 Å². The number of nitrogens with zero attached hydrogens (tertiary/aromatic N) is 1. The summed E-state index contributed by atoms with van der Waals surface area (Å²) in [4.78, 5) is 14.2. The molecule has 1 aromatic rings. The number of carbonyl (C=O) groups excluding carboxylic acids is 1. The van der Waals surface area contributed by atoms with Gasteiger partial charge in [-0.1, -0.05) is 18.5 Å². The van der Waals surface area contributed by atoms with Crippen molar-refractivity contribution in [1.29, 1.82) is 0 Å². The van der Waals surface area contributed by atoms with Crippen molar-refractivity contribution in [3.8, 4) is 5.75 Å². The maximum absolute atomic E-state index is 12.5. The molecule has 1 aliphatic heterocycles. The highest BCUT2D eigenvalue weighted by Crippen LogP contribution is 2.25. The highest BCUT2D eigenvalue weighted by Gasteiger charge is 2.26. The second-order valence-electron chi connectivity index (χ2n) is 4.79. The van der Waals surface area contributed by atoms with Crippen molar-refractivity contribution >= 4 is 17.5 Å². The number of amides is 1. The first-order valence-corrected chi connectivity index (χ1v) is 6.96. The summed E-state index contributed by atoms with van der Waals surface area (Å²) in [6.07, 6.45) is 1.74. The number of hydrogen-bond donors (Lipinski definition) is 1. The Balaban J connectivity index is 2.21. The van der Waals surface area contributed by atoms with Crippen LogP contribution in [0.25, 0.3) is 0 Å². The number of halogens is 1. The first-order valence-electron chi connectivity index (χ1n) is 6.59. The van der Waals surface area contributed by atoms with Gasteiger partial charge in [-0.2, -0.15) is 0 Å². The molecule has 1 atom stereocenters. The third-order valence-electron chi connectivity index (χ3n) is 3.15. The number of ether oxygens (including phenoxy) is 1. The fourth-order valence-electron chi connectivity index (χ4n) is 2.15. The van der Waals surface area contributed by atoms with Crippen molar-refractivity contribution in [2.24, 2.45) is 5.73 Å². The SMILES string of the molecule is CCCOc1ccc(Cl)cc1C(=O)N1CCC(N)C1. The van der Waals surface area contributed by atoms with Crippen LogP contribution in [0.15, 0.2) is 18.2 Å². The lowest BCUT2D eigenvalue weighted by Gasteiger charge is -2.18. The van der Waals surface area contributed by atoms with E-state index in [1.165, 1.54) is 0 Å². The molecule has 0 aromatic heterocycles. The molecular formula is C14H19ClN2O2. The second-order valence-corrected chi connectivity index (χ2v) is 5.23. The summed E-state index contributed by atoms with van der Waals surface area (Å²) in [7, 11) is 0. The molecule has 0 spiro atoms. The smallest absolute Gasteiger partial charge is 0.257 e. The van der Waals surface area contributed by atoms with Gasteiger partial charge in [0.25, 0.3) is 5.91 Å². The Morgan fingerprint density at radius 3 is 3.00 bits per heavy atom. The van der Waals surface area contributed by atoms with E-state index in [0.717, 1.165) is 12.8 Å². The Morgan fingerprint density at radius 1 is 1.58 bits per heavy atom. The van der Waals surface area contributed by atoms with Gasteiger partial charge < -0.3 is 15.4 Å². The maximum atomic E-state index is 12.5. The summed E-state index contributed by atoms with van der Waals surface area (Å²) < 4.78 is 5.61. The van der Waals surface area contributed by atoms with E-state index in [1.807, 2.05) is 6.92 Å². The van der Waals surface area contributed by atoms with Crippen LogP contribution in [0.2, 0.25) is 5.02 Å². The van der Waals surface area contributed by atoms with Crippen LogP contribution >= 0.6 is 11.6 Å². The molecule has 1 fully saturated rings. The molecule has 1 aliphatic rings. The number of rotatable bonds is 4. The standard InChI is InChI=1S/C14H19ClN2O2/c1-2-7-19-13-4-3-10(15)8-12(13)14(18)17-6-5-11(16)9-17/h3-4,8,11H,2,5-7,9,16H2,1H3. The van der Waals surface area contributed by atoms with Crippen molar-refractivity contribution in [1.82, 2.24) is 4.90 Å². The van der Waals surface area contributed by atoms with E-state index in [4.69, 9.17) is 22.1 Å². The minimum Gasteiger partial charge on any atom is -0.493 e. The molecule has 0 saturated carbocycles. The lowest BCUT2D eigenvalue weighted by molar-refractivity contribution is 0.0786. The van der Waals surface area contributed by atoms with Crippen LogP contribution in [0.5, 0.6) is 5.75 Å². The van der Waals surface area contributed by atoms with Gasteiger partial charge in [-0.15, -0.1) is 0 Å². The molecule has 104 valence electrons. The third-order valence-corrected chi connectivity index (χ3v) is 3.38. The summed E-state index contributed by atoms with van der Waals surface area (Å²) in [6.45, 7) is 3.90. The topological polar surface area (TPSA) is 55.6 Å². The normalized spacial score (nSPS) is 18.7. The summed E-state index contributed by atoms with van der Waals surface area (Å²) >= 11 is 5.98. The lowest BCUT2D eigenvalue weighted by Crippen LogP contribution is -2.32. The first kappa shape index (κ1) is 14.2. The molecule has 2 N–H and O–H groups in total. The van der Waals surface area contributed by atoms with Gasteiger partial charge in [-0.25, -0.2) is 0 Å². The molecule has 0 radical (unpaired) electrons. The van der Waals surface area contributed by atoms with Crippen molar-refractivity contribution in [2.75, 3.05) is 19.7 Å². The van der Waals surface area contributed by atoms with Gasteiger partial charge in [0.2, 0.25) is 0 Å². The Morgan fingerprint density at radius 2 is 2.37 bits per heavy atom. The number of carbonyl (C=O) groups is 1. The molecule has 1 aromatic carbocycles. The number of hydrogen-bond acceptors (Lipinski definition) is 3. The van der Waals surface area contributed by atoms with Gasteiger partial charge in [0, 0.05) is 24.2 Å². The van der Waals surface area contributed by atoms with Crippen LogP contribution in [0.4, 0.5) is 0 Å². The second kappa shape index (κ2) is 6.26. The van der Waals surface area contributed by atoms with E-state index in [9.17, 15) is 4.79 Å². The fourth-order valence-corrected chi connectivity index (χ4v) is 2.32. The van der Waals surface area contributed by atoms with Gasteiger partial charge in [-0.3, -0.25) is 4.79 Å². The summed E-state index contributed by atoms with van der Waals surface area (Å²) in [5, 5.41) is 0.538. The summed E-state index contributed by atoms with van der Waals surface area (Å²) in [5.41, 5.74) is 6.36. The quantitative estimate of drug-likeness (QED) is 0.922. The highest BCUT2D eigenvalue weighted by molar-refractivity contribution is 6.31. The van der Waals surface area contributed by atoms with Crippen LogP contribution in [0, 0.1) is 0 Å². The van der Waals surface area contributed by atoms with Crippen molar-refractivity contribution in [3.05, 3.63) is 28.8 Å². The number of nitrogens with two attached hydrogens (primary N) is 1. The Kier molecular flexibility index (Phi) is 4.66. The van der Waals surface area contributed by atoms with Gasteiger partial charge in [0.15, 0.2) is 0 Å². The first-order chi connectivity index (χ1) is 9.11. The zero-order valence-corrected chi connectivity index (χ0v) is 11.8. The average Bonchev–Trinajstić information content (AvgIpc) is 2.83. The Hall–Kier alpha value is -1.26. The molecular weight excluding hydrogens is 264 g/mol. The van der Waals surface area contributed by atoms with Crippen molar-refractivity contribution in [3.63, 3.8) is 0 Å². The van der Waals surface area contributed by atoms with Gasteiger partial charge in [0.05, 0.1) is 12.2 Å². The predicted molar refractivity (Wildman–Crippen MR) is 75.7 cm³/mol. The Labute approximate surface area is 118 Å². The van der Waals surface area contributed by atoms with Gasteiger partial charge in [-0.05, 0) is 31.0 Å². The minimum absolute atomic E-state index is 0.0541. The van der Waals surface area contributed by atoms with Gasteiger partial charge in [0.1, 0.15) is 5.75 Å². The highest BCUT2D eigenvalue weighted by atomic mass is 35.5. The maximum Gasteiger partial charge on any atom is 0.257 e. The van der Waals surface area contributed by atoms with E-state index >= 15 is 0 Å². The van der Waals surface area contributed by atoms with Gasteiger partial charge >= 0.3 is 0 Å². The molecule has 2 rings (SSSR count). The molecule has 1 unspecified atom stereocenters. The average molecular weight is 283 g/mol. The van der Waals surface area contributed by atoms with Crippen LogP contribution < -0.4 is 10.5 Å². The van der Waals surface area contributed by atoms with Crippen LogP contribution in [0.1, 0.15) is 30.1 Å². The van der Waals surface area contributed by atoms with Crippen LogP contribution in [0.3, 0.4) is 0 Å². The van der Waals surface area contributed by atoms with E-state index in [2.05, 4.69) is 0 Å². The monoisotopic (exact) mass is 282 g/mol. The van der Waals surface area contributed by atoms with E-state index in [0.29, 0.717) is 36.0 Å². The number of benzene rings is 1. The molecule has 1 amide bonds. The molecule has 4 nitrogen and oxygen atoms in total. The van der Waals surface area contributed by atoms with E-state index in [1.54, 1.807) is 23.1 Å². The molecule has 0 bridgehead atoms. The minimum atomic E-state index is -0.0541. The lowest BCUT2D eigenvalue weighted by atomic mass is 10.1. The van der Waals surface area contributed by atoms with Crippen LogP contribution in [-0.2, 0) is 0 Å². The fraction of sp³-hybridized carbons (Fsp3) is 0.500. The molecule has 0 aliphatic carbocycles. The number of likely N-dealkylation sites (tertiary alicyclic amines) is 1. The zero-order valence-electron chi connectivity index (χ0n) is 11.1.